The van der Waals surface area contributed by atoms with Crippen LogP contribution in [-0.4, -0.2) is 29.9 Å². The summed E-state index contributed by atoms with van der Waals surface area (Å²) < 4.78 is 0. The van der Waals surface area contributed by atoms with Gasteiger partial charge in [-0.15, -0.1) is 12.4 Å². The van der Waals surface area contributed by atoms with Crippen molar-refractivity contribution >= 4 is 18.3 Å². The van der Waals surface area contributed by atoms with Gasteiger partial charge in [0.1, 0.15) is 0 Å². The van der Waals surface area contributed by atoms with Crippen molar-refractivity contribution in [1.82, 2.24) is 4.90 Å². The fraction of sp³-hybridized carbons (Fsp3) is 0.917. The van der Waals surface area contributed by atoms with E-state index in [-0.39, 0.29) is 29.8 Å². The second kappa shape index (κ2) is 6.45. The molecule has 16 heavy (non-hydrogen) atoms. The highest BCUT2D eigenvalue weighted by Crippen LogP contribution is 2.28. The molecule has 3 nitrogen and oxygen atoms in total. The summed E-state index contributed by atoms with van der Waals surface area (Å²) in [6, 6.07) is -0.288. The molecule has 0 saturated carbocycles. The van der Waals surface area contributed by atoms with Crippen molar-refractivity contribution in [3.8, 4) is 0 Å². The number of nitrogens with two attached hydrogens (primary N) is 1. The number of carbonyl (C=O) groups is 1. The van der Waals surface area contributed by atoms with E-state index in [4.69, 9.17) is 5.73 Å². The highest BCUT2D eigenvalue weighted by molar-refractivity contribution is 5.85. The summed E-state index contributed by atoms with van der Waals surface area (Å²) in [5.41, 5.74) is 6.12. The Hall–Kier alpha value is -0.280. The minimum absolute atomic E-state index is 0. The lowest BCUT2D eigenvalue weighted by atomic mass is 9.84. The molecule has 1 saturated heterocycles. The first-order valence-electron chi connectivity index (χ1n) is 6.00. The fourth-order valence-corrected chi connectivity index (χ4v) is 2.28. The lowest BCUT2D eigenvalue weighted by Crippen LogP contribution is -2.50. The van der Waals surface area contributed by atoms with Crippen LogP contribution < -0.4 is 5.73 Å². The van der Waals surface area contributed by atoms with Gasteiger partial charge >= 0.3 is 0 Å². The topological polar surface area (TPSA) is 46.3 Å². The number of rotatable bonds is 3. The predicted molar refractivity (Wildman–Crippen MR) is 69.7 cm³/mol. The third-order valence-electron chi connectivity index (χ3n) is 3.13. The first-order chi connectivity index (χ1) is 6.96. The number of likely N-dealkylation sites (tertiary alicyclic amines) is 1. The Morgan fingerprint density at radius 1 is 1.50 bits per heavy atom. The molecule has 0 aliphatic carbocycles. The smallest absolute Gasteiger partial charge is 0.239 e. The van der Waals surface area contributed by atoms with Crippen molar-refractivity contribution in [2.24, 2.45) is 11.1 Å². The van der Waals surface area contributed by atoms with Gasteiger partial charge in [0, 0.05) is 13.1 Å². The van der Waals surface area contributed by atoms with Gasteiger partial charge in [0.15, 0.2) is 0 Å². The molecule has 96 valence electrons. The van der Waals surface area contributed by atoms with Gasteiger partial charge in [-0.3, -0.25) is 4.79 Å². The van der Waals surface area contributed by atoms with Crippen LogP contribution in [0.25, 0.3) is 0 Å². The van der Waals surface area contributed by atoms with Crippen molar-refractivity contribution in [2.75, 3.05) is 13.1 Å². The van der Waals surface area contributed by atoms with Crippen LogP contribution in [0.5, 0.6) is 0 Å². The van der Waals surface area contributed by atoms with Gasteiger partial charge in [-0.2, -0.15) is 0 Å². The molecule has 0 aromatic heterocycles. The summed E-state index contributed by atoms with van der Waals surface area (Å²) in [4.78, 5) is 13.9. The number of nitrogens with zero attached hydrogens (tertiary/aromatic N) is 1. The highest BCUT2D eigenvalue weighted by Gasteiger charge is 2.30. The molecule has 0 radical (unpaired) electrons. The Labute approximate surface area is 105 Å². The van der Waals surface area contributed by atoms with Crippen molar-refractivity contribution < 1.29 is 4.79 Å². The second-order valence-electron chi connectivity index (χ2n) is 5.42. The molecule has 1 rings (SSSR count). The molecule has 0 aromatic carbocycles. The normalized spacial score (nSPS) is 21.1. The largest absolute Gasteiger partial charge is 0.341 e. The third-order valence-corrected chi connectivity index (χ3v) is 3.13. The van der Waals surface area contributed by atoms with Gasteiger partial charge in [0.25, 0.3) is 0 Å². The van der Waals surface area contributed by atoms with E-state index in [2.05, 4.69) is 20.8 Å². The molecule has 1 fully saturated rings. The SMILES string of the molecule is CCCC(N)C(=O)N1CCCC(C)(C)C1.Cl. The van der Waals surface area contributed by atoms with Crippen LogP contribution in [0, 0.1) is 5.41 Å². The van der Waals surface area contributed by atoms with Crippen molar-refractivity contribution in [1.29, 1.82) is 0 Å². The van der Waals surface area contributed by atoms with E-state index in [1.807, 2.05) is 4.90 Å². The zero-order valence-corrected chi connectivity index (χ0v) is 11.5. The van der Waals surface area contributed by atoms with Gasteiger partial charge in [0.05, 0.1) is 6.04 Å². The van der Waals surface area contributed by atoms with Gasteiger partial charge in [-0.05, 0) is 24.7 Å². The van der Waals surface area contributed by atoms with Gasteiger partial charge in [-0.25, -0.2) is 0 Å². The van der Waals surface area contributed by atoms with Crippen LogP contribution in [0.2, 0.25) is 0 Å². The molecule has 0 spiro atoms. The Kier molecular flexibility index (Phi) is 6.34. The average molecular weight is 249 g/mol. The minimum Gasteiger partial charge on any atom is -0.341 e. The quantitative estimate of drug-likeness (QED) is 0.832. The van der Waals surface area contributed by atoms with E-state index in [0.717, 1.165) is 32.4 Å². The van der Waals surface area contributed by atoms with Crippen LogP contribution in [0.3, 0.4) is 0 Å². The van der Waals surface area contributed by atoms with Crippen molar-refractivity contribution in [2.45, 2.75) is 52.5 Å². The predicted octanol–water partition coefficient (Wildman–Crippen LogP) is 2.18. The summed E-state index contributed by atoms with van der Waals surface area (Å²) in [6.45, 7) is 8.26. The second-order valence-corrected chi connectivity index (χ2v) is 5.42. The Bertz CT molecular complexity index is 231. The van der Waals surface area contributed by atoms with Gasteiger partial charge in [-0.1, -0.05) is 27.2 Å². The first kappa shape index (κ1) is 15.7. The summed E-state index contributed by atoms with van der Waals surface area (Å²) >= 11 is 0. The van der Waals surface area contributed by atoms with E-state index in [9.17, 15) is 4.79 Å². The van der Waals surface area contributed by atoms with E-state index in [1.54, 1.807) is 0 Å². The standard InChI is InChI=1S/C12H24N2O.ClH/c1-4-6-10(13)11(15)14-8-5-7-12(2,3)9-14;/h10H,4-9,13H2,1-3H3;1H. The lowest BCUT2D eigenvalue weighted by molar-refractivity contribution is -0.135. The summed E-state index contributed by atoms with van der Waals surface area (Å²) in [5, 5.41) is 0. The molecule has 0 bridgehead atoms. The fourth-order valence-electron chi connectivity index (χ4n) is 2.28. The molecule has 1 heterocycles. The molecule has 0 aromatic rings. The average Bonchev–Trinajstić information content (AvgIpc) is 2.15. The molecule has 1 amide bonds. The molecule has 1 aliphatic rings. The maximum Gasteiger partial charge on any atom is 0.239 e. The van der Waals surface area contributed by atoms with E-state index in [1.165, 1.54) is 6.42 Å². The van der Waals surface area contributed by atoms with Crippen LogP contribution in [0.4, 0.5) is 0 Å². The molecular weight excluding hydrogens is 224 g/mol. The zero-order valence-electron chi connectivity index (χ0n) is 10.7. The van der Waals surface area contributed by atoms with Crippen LogP contribution >= 0.6 is 12.4 Å². The number of hydrogen-bond donors (Lipinski definition) is 1. The number of halogens is 1. The van der Waals surface area contributed by atoms with Crippen molar-refractivity contribution in [3.63, 3.8) is 0 Å². The van der Waals surface area contributed by atoms with Gasteiger partial charge < -0.3 is 10.6 Å². The zero-order chi connectivity index (χ0) is 11.5. The number of hydrogen-bond acceptors (Lipinski definition) is 2. The Morgan fingerprint density at radius 2 is 2.12 bits per heavy atom. The summed E-state index contributed by atoms with van der Waals surface area (Å²) in [5.74, 6) is 0.143. The number of amides is 1. The van der Waals surface area contributed by atoms with Crippen LogP contribution in [-0.2, 0) is 4.79 Å². The number of carbonyl (C=O) groups excluding carboxylic acids is 1. The molecular formula is C12H25ClN2O. The monoisotopic (exact) mass is 248 g/mol. The third kappa shape index (κ3) is 4.30. The molecule has 2 N–H and O–H groups in total. The maximum absolute atomic E-state index is 12.0. The number of piperidine rings is 1. The van der Waals surface area contributed by atoms with Crippen molar-refractivity contribution in [3.05, 3.63) is 0 Å². The maximum atomic E-state index is 12.0. The molecule has 1 unspecified atom stereocenters. The van der Waals surface area contributed by atoms with Crippen LogP contribution in [0.1, 0.15) is 46.5 Å². The molecule has 4 heteroatoms. The Balaban J connectivity index is 0.00000225. The molecule has 1 aliphatic heterocycles. The van der Waals surface area contributed by atoms with E-state index in [0.29, 0.717) is 0 Å². The summed E-state index contributed by atoms with van der Waals surface area (Å²) in [6.07, 6.45) is 4.09. The van der Waals surface area contributed by atoms with Crippen LogP contribution in [0.15, 0.2) is 0 Å². The molecule has 1 atom stereocenters. The highest BCUT2D eigenvalue weighted by atomic mass is 35.5. The van der Waals surface area contributed by atoms with E-state index >= 15 is 0 Å². The minimum atomic E-state index is -0.288. The first-order valence-corrected chi connectivity index (χ1v) is 6.00. The summed E-state index contributed by atoms with van der Waals surface area (Å²) in [7, 11) is 0. The van der Waals surface area contributed by atoms with Gasteiger partial charge in [0.2, 0.25) is 5.91 Å². The van der Waals surface area contributed by atoms with E-state index < -0.39 is 0 Å². The lowest BCUT2D eigenvalue weighted by Gasteiger charge is -2.39. The Morgan fingerprint density at radius 3 is 2.62 bits per heavy atom.